The lowest BCUT2D eigenvalue weighted by Crippen LogP contribution is -2.46. The van der Waals surface area contributed by atoms with Crippen LogP contribution in [0.25, 0.3) is 0 Å². The molecule has 0 saturated carbocycles. The van der Waals surface area contributed by atoms with E-state index in [9.17, 15) is 4.79 Å². The first kappa shape index (κ1) is 16.3. The van der Waals surface area contributed by atoms with Crippen molar-refractivity contribution in [3.8, 4) is 0 Å². The third kappa shape index (κ3) is 3.58. The van der Waals surface area contributed by atoms with E-state index in [0.717, 1.165) is 24.6 Å². The number of amides is 2. The van der Waals surface area contributed by atoms with E-state index < -0.39 is 0 Å². The molecule has 3 N–H and O–H groups in total. The number of rotatable bonds is 3. The molecule has 2 heterocycles. The number of nitrogen functional groups attached to an aromatic ring is 1. The summed E-state index contributed by atoms with van der Waals surface area (Å²) < 4.78 is 0. The number of carbonyl (C=O) groups excluding carboxylic acids is 1. The van der Waals surface area contributed by atoms with E-state index in [2.05, 4.69) is 34.0 Å². The van der Waals surface area contributed by atoms with Crippen molar-refractivity contribution in [1.82, 2.24) is 20.2 Å². The zero-order chi connectivity index (χ0) is 16.4. The molecule has 7 heteroatoms. The number of hydrogen-bond acceptors (Lipinski definition) is 5. The number of hydrogen-bond donors (Lipinski definition) is 2. The topological polar surface area (TPSA) is 87.4 Å². The number of nitrogens with one attached hydrogen (secondary N) is 1. The molecule has 0 spiro atoms. The first-order chi connectivity index (χ1) is 10.3. The Bertz CT molecular complexity index is 525. The Morgan fingerprint density at radius 2 is 2.09 bits per heavy atom. The van der Waals surface area contributed by atoms with Crippen molar-refractivity contribution >= 4 is 17.8 Å². The van der Waals surface area contributed by atoms with Crippen LogP contribution in [0.3, 0.4) is 0 Å². The zero-order valence-electron chi connectivity index (χ0n) is 14.0. The smallest absolute Gasteiger partial charge is 0.317 e. The van der Waals surface area contributed by atoms with E-state index in [4.69, 9.17) is 5.73 Å². The summed E-state index contributed by atoms with van der Waals surface area (Å²) in [6.45, 7) is 7.86. The van der Waals surface area contributed by atoms with Crippen LogP contribution in [-0.4, -0.2) is 54.1 Å². The van der Waals surface area contributed by atoms with Crippen LogP contribution in [0.5, 0.6) is 0 Å². The van der Waals surface area contributed by atoms with Gasteiger partial charge in [-0.2, -0.15) is 4.98 Å². The molecule has 0 aliphatic carbocycles. The highest BCUT2D eigenvalue weighted by Crippen LogP contribution is 2.28. The molecular formula is C15H26N6O. The second-order valence-electron chi connectivity index (χ2n) is 6.49. The Balaban J connectivity index is 2.17. The van der Waals surface area contributed by atoms with Crippen molar-refractivity contribution in [2.45, 2.75) is 26.8 Å². The molecule has 0 bridgehead atoms. The molecular weight excluding hydrogens is 280 g/mol. The van der Waals surface area contributed by atoms with Crippen molar-refractivity contribution < 1.29 is 4.79 Å². The van der Waals surface area contributed by atoms with Gasteiger partial charge in [0, 0.05) is 44.9 Å². The summed E-state index contributed by atoms with van der Waals surface area (Å²) in [5.41, 5.74) is 6.60. The Labute approximate surface area is 131 Å². The van der Waals surface area contributed by atoms with Crippen LogP contribution in [-0.2, 0) is 0 Å². The largest absolute Gasteiger partial charge is 0.368 e. The van der Waals surface area contributed by atoms with Crippen molar-refractivity contribution in [3.05, 3.63) is 11.8 Å². The van der Waals surface area contributed by atoms with Gasteiger partial charge in [0.2, 0.25) is 5.95 Å². The molecule has 1 aromatic heterocycles. The van der Waals surface area contributed by atoms with E-state index in [1.807, 2.05) is 13.0 Å². The van der Waals surface area contributed by atoms with Crippen LogP contribution in [0.2, 0.25) is 0 Å². The minimum absolute atomic E-state index is 0.0594. The molecule has 122 valence electrons. The minimum Gasteiger partial charge on any atom is -0.368 e. The Hall–Kier alpha value is -2.05. The highest BCUT2D eigenvalue weighted by atomic mass is 16.2. The third-order valence-corrected chi connectivity index (χ3v) is 4.12. The SMILES string of the molecule is Cc1cc(N2C[C@@H](NC(=O)N(C)C)[C@H](C(C)C)C2)nc(N)n1. The van der Waals surface area contributed by atoms with Crippen molar-refractivity contribution in [3.63, 3.8) is 0 Å². The molecule has 0 unspecified atom stereocenters. The lowest BCUT2D eigenvalue weighted by Gasteiger charge is -2.24. The van der Waals surface area contributed by atoms with Gasteiger partial charge < -0.3 is 20.9 Å². The van der Waals surface area contributed by atoms with Crippen LogP contribution in [0, 0.1) is 18.8 Å². The van der Waals surface area contributed by atoms with E-state index in [0.29, 0.717) is 11.8 Å². The molecule has 0 radical (unpaired) electrons. The fourth-order valence-corrected chi connectivity index (χ4v) is 2.87. The van der Waals surface area contributed by atoms with Gasteiger partial charge in [-0.25, -0.2) is 9.78 Å². The van der Waals surface area contributed by atoms with Crippen LogP contribution in [0.15, 0.2) is 6.07 Å². The number of nitrogens with two attached hydrogens (primary N) is 1. The predicted molar refractivity (Wildman–Crippen MR) is 87.7 cm³/mol. The number of anilines is 2. The summed E-state index contributed by atoms with van der Waals surface area (Å²) in [6.07, 6.45) is 0. The van der Waals surface area contributed by atoms with E-state index in [1.54, 1.807) is 19.0 Å². The van der Waals surface area contributed by atoms with E-state index in [1.165, 1.54) is 0 Å². The van der Waals surface area contributed by atoms with Gasteiger partial charge in [0.1, 0.15) is 5.82 Å². The second-order valence-corrected chi connectivity index (χ2v) is 6.49. The standard InChI is InChI=1S/C15H26N6O/c1-9(2)11-7-21(8-12(11)18-15(22)20(4)5)13-6-10(3)17-14(16)19-13/h6,9,11-12H,7-8H2,1-5H3,(H,18,22)(H2,16,17,19)/t11-,12+/m0/s1. The maximum absolute atomic E-state index is 12.0. The number of aromatic nitrogens is 2. The van der Waals surface area contributed by atoms with Gasteiger partial charge in [-0.15, -0.1) is 0 Å². The Morgan fingerprint density at radius 3 is 2.64 bits per heavy atom. The predicted octanol–water partition coefficient (Wildman–Crippen LogP) is 1.10. The summed E-state index contributed by atoms with van der Waals surface area (Å²) in [4.78, 5) is 24.2. The monoisotopic (exact) mass is 306 g/mol. The van der Waals surface area contributed by atoms with Crippen molar-refractivity contribution in [1.29, 1.82) is 0 Å². The van der Waals surface area contributed by atoms with E-state index in [-0.39, 0.29) is 18.0 Å². The molecule has 1 saturated heterocycles. The van der Waals surface area contributed by atoms with Crippen LogP contribution in [0.1, 0.15) is 19.5 Å². The summed E-state index contributed by atoms with van der Waals surface area (Å²) in [5, 5.41) is 3.11. The van der Waals surface area contributed by atoms with Gasteiger partial charge in [-0.1, -0.05) is 13.8 Å². The number of carbonyl (C=O) groups is 1. The maximum atomic E-state index is 12.0. The number of nitrogens with zero attached hydrogens (tertiary/aromatic N) is 4. The molecule has 2 amide bonds. The molecule has 0 aromatic carbocycles. The average molecular weight is 306 g/mol. The summed E-state index contributed by atoms with van der Waals surface area (Å²) >= 11 is 0. The van der Waals surface area contributed by atoms with E-state index >= 15 is 0 Å². The molecule has 1 aliphatic heterocycles. The molecule has 2 rings (SSSR count). The number of aryl methyl sites for hydroxylation is 1. The zero-order valence-corrected chi connectivity index (χ0v) is 14.0. The molecule has 2 atom stereocenters. The maximum Gasteiger partial charge on any atom is 0.317 e. The summed E-state index contributed by atoms with van der Waals surface area (Å²) in [5.74, 6) is 1.97. The van der Waals surface area contributed by atoms with Gasteiger partial charge in [0.15, 0.2) is 0 Å². The molecule has 22 heavy (non-hydrogen) atoms. The van der Waals surface area contributed by atoms with Gasteiger partial charge in [0.25, 0.3) is 0 Å². The Morgan fingerprint density at radius 1 is 1.41 bits per heavy atom. The number of urea groups is 1. The molecule has 7 nitrogen and oxygen atoms in total. The van der Waals surface area contributed by atoms with Gasteiger partial charge in [0.05, 0.1) is 6.04 Å². The molecule has 1 aliphatic rings. The van der Waals surface area contributed by atoms with Crippen LogP contribution in [0.4, 0.5) is 16.6 Å². The highest BCUT2D eigenvalue weighted by Gasteiger charge is 2.36. The normalized spacial score (nSPS) is 21.3. The van der Waals surface area contributed by atoms with Crippen LogP contribution < -0.4 is 16.0 Å². The summed E-state index contributed by atoms with van der Waals surface area (Å²) in [7, 11) is 3.50. The van der Waals surface area contributed by atoms with Crippen molar-refractivity contribution in [2.75, 3.05) is 37.8 Å². The fourth-order valence-electron chi connectivity index (χ4n) is 2.87. The first-order valence-corrected chi connectivity index (χ1v) is 7.62. The highest BCUT2D eigenvalue weighted by molar-refractivity contribution is 5.74. The lowest BCUT2D eigenvalue weighted by atomic mass is 9.91. The lowest BCUT2D eigenvalue weighted by molar-refractivity contribution is 0.208. The first-order valence-electron chi connectivity index (χ1n) is 7.62. The van der Waals surface area contributed by atoms with Gasteiger partial charge in [-0.05, 0) is 12.8 Å². The second kappa shape index (κ2) is 6.37. The quantitative estimate of drug-likeness (QED) is 0.873. The summed E-state index contributed by atoms with van der Waals surface area (Å²) in [6, 6.07) is 1.98. The fraction of sp³-hybridized carbons (Fsp3) is 0.667. The van der Waals surface area contributed by atoms with Crippen LogP contribution >= 0.6 is 0 Å². The molecule has 1 aromatic rings. The molecule has 1 fully saturated rings. The average Bonchev–Trinajstić information content (AvgIpc) is 2.81. The van der Waals surface area contributed by atoms with Gasteiger partial charge >= 0.3 is 6.03 Å². The van der Waals surface area contributed by atoms with Crippen molar-refractivity contribution in [2.24, 2.45) is 11.8 Å². The third-order valence-electron chi connectivity index (χ3n) is 4.12. The Kier molecular flexibility index (Phi) is 4.73. The minimum atomic E-state index is -0.0594. The van der Waals surface area contributed by atoms with Gasteiger partial charge in [-0.3, -0.25) is 0 Å².